The molecule has 6 heteroatoms. The summed E-state index contributed by atoms with van der Waals surface area (Å²) in [5.41, 5.74) is 9.70. The molecule has 0 spiro atoms. The van der Waals surface area contributed by atoms with Crippen LogP contribution < -0.4 is 16.4 Å². The predicted molar refractivity (Wildman–Crippen MR) is 116 cm³/mol. The van der Waals surface area contributed by atoms with Crippen LogP contribution in [-0.2, 0) is 0 Å². The predicted octanol–water partition coefficient (Wildman–Crippen LogP) is 4.24. The molecule has 1 heterocycles. The van der Waals surface area contributed by atoms with Gasteiger partial charge in [0.2, 0.25) is 0 Å². The van der Waals surface area contributed by atoms with Crippen LogP contribution in [0.3, 0.4) is 0 Å². The molecule has 0 atom stereocenters. The number of allylic oxidation sites excluding steroid dienone is 4. The molecule has 1 aliphatic carbocycles. The Morgan fingerprint density at radius 2 is 2.00 bits per heavy atom. The van der Waals surface area contributed by atoms with Crippen LogP contribution in [0.1, 0.15) is 55.6 Å². The minimum atomic E-state index is -0.0914. The zero-order valence-electron chi connectivity index (χ0n) is 17.0. The number of carbonyl (C=O) groups is 1. The van der Waals surface area contributed by atoms with Gasteiger partial charge in [-0.15, -0.1) is 0 Å². The summed E-state index contributed by atoms with van der Waals surface area (Å²) < 4.78 is 0. The molecule has 0 bridgehead atoms. The number of nitrogens with two attached hydrogens (primary N) is 1. The van der Waals surface area contributed by atoms with Crippen molar-refractivity contribution in [2.24, 2.45) is 11.7 Å². The van der Waals surface area contributed by atoms with Gasteiger partial charge in [0.05, 0.1) is 16.3 Å². The monoisotopic (exact) mass is 402 g/mol. The van der Waals surface area contributed by atoms with Gasteiger partial charge < -0.3 is 16.4 Å². The zero-order valence-corrected chi connectivity index (χ0v) is 17.8. The van der Waals surface area contributed by atoms with Crippen LogP contribution in [-0.4, -0.2) is 23.5 Å². The van der Waals surface area contributed by atoms with Crippen molar-refractivity contribution in [2.45, 2.75) is 52.5 Å². The van der Waals surface area contributed by atoms with Gasteiger partial charge in [-0.25, -0.2) is 0 Å². The maximum absolute atomic E-state index is 12.5. The van der Waals surface area contributed by atoms with Crippen LogP contribution in [0.4, 0.5) is 0 Å². The Bertz CT molecular complexity index is 773. The number of nitrogens with one attached hydrogen (secondary N) is 2. The number of aromatic nitrogens is 1. The van der Waals surface area contributed by atoms with E-state index < -0.39 is 0 Å². The molecule has 0 unspecified atom stereocenters. The summed E-state index contributed by atoms with van der Waals surface area (Å²) in [6, 6.07) is 1.88. The second-order valence-electron chi connectivity index (χ2n) is 7.66. The van der Waals surface area contributed by atoms with E-state index >= 15 is 0 Å². The van der Waals surface area contributed by atoms with E-state index in [1.807, 2.05) is 32.9 Å². The maximum Gasteiger partial charge on any atom is 0.253 e. The minimum absolute atomic E-state index is 0.0914. The first-order valence-corrected chi connectivity index (χ1v) is 10.1. The highest BCUT2D eigenvalue weighted by molar-refractivity contribution is 6.30. The van der Waals surface area contributed by atoms with Crippen molar-refractivity contribution in [1.29, 1.82) is 0 Å². The van der Waals surface area contributed by atoms with Gasteiger partial charge in [0.15, 0.2) is 0 Å². The first kappa shape index (κ1) is 22.0. The molecule has 5 nitrogen and oxygen atoms in total. The summed E-state index contributed by atoms with van der Waals surface area (Å²) in [6.45, 7) is 10.7. The van der Waals surface area contributed by atoms with Crippen molar-refractivity contribution >= 4 is 17.5 Å². The highest BCUT2D eigenvalue weighted by atomic mass is 35.5. The third-order valence-corrected chi connectivity index (χ3v) is 5.16. The molecule has 2 rings (SSSR count). The molecule has 0 radical (unpaired) electrons. The number of nitrogens with zero attached hydrogens (tertiary/aromatic N) is 1. The summed E-state index contributed by atoms with van der Waals surface area (Å²) in [4.78, 5) is 16.7. The van der Waals surface area contributed by atoms with Crippen LogP contribution in [0, 0.1) is 12.8 Å². The van der Waals surface area contributed by atoms with Crippen molar-refractivity contribution in [3.05, 3.63) is 64.2 Å². The van der Waals surface area contributed by atoms with E-state index in [4.69, 9.17) is 17.3 Å². The molecular formula is C22H31ClN4O. The zero-order chi connectivity index (χ0) is 20.7. The van der Waals surface area contributed by atoms with E-state index in [0.717, 1.165) is 49.2 Å². The fourth-order valence-electron chi connectivity index (χ4n) is 3.51. The lowest BCUT2D eigenvalue weighted by molar-refractivity contribution is 0.0921. The molecule has 1 fully saturated rings. The molecule has 1 saturated carbocycles. The summed E-state index contributed by atoms with van der Waals surface area (Å²) in [6.07, 6.45) is 9.58. The van der Waals surface area contributed by atoms with E-state index in [1.54, 1.807) is 12.3 Å². The van der Waals surface area contributed by atoms with Crippen molar-refractivity contribution in [1.82, 2.24) is 15.6 Å². The van der Waals surface area contributed by atoms with Gasteiger partial charge in [-0.05, 0) is 76.2 Å². The van der Waals surface area contributed by atoms with Crippen molar-refractivity contribution < 1.29 is 4.79 Å². The Balaban J connectivity index is 1.77. The van der Waals surface area contributed by atoms with Crippen molar-refractivity contribution in [3.8, 4) is 0 Å². The number of amides is 1. The molecular weight excluding hydrogens is 372 g/mol. The van der Waals surface area contributed by atoms with Gasteiger partial charge in [-0.1, -0.05) is 18.2 Å². The normalized spacial score (nSPS) is 20.6. The van der Waals surface area contributed by atoms with E-state index in [1.165, 1.54) is 0 Å². The number of rotatable bonds is 7. The van der Waals surface area contributed by atoms with E-state index in [2.05, 4.69) is 22.2 Å². The van der Waals surface area contributed by atoms with Gasteiger partial charge in [-0.3, -0.25) is 9.78 Å². The average Bonchev–Trinajstić information content (AvgIpc) is 2.62. The number of hydrogen-bond acceptors (Lipinski definition) is 4. The minimum Gasteiger partial charge on any atom is -0.402 e. The lowest BCUT2D eigenvalue weighted by atomic mass is 9.86. The maximum atomic E-state index is 12.5. The van der Waals surface area contributed by atoms with Crippen molar-refractivity contribution in [3.63, 3.8) is 0 Å². The molecule has 1 aromatic rings. The van der Waals surface area contributed by atoms with Gasteiger partial charge in [-0.2, -0.15) is 0 Å². The van der Waals surface area contributed by atoms with Crippen LogP contribution in [0.5, 0.6) is 0 Å². The van der Waals surface area contributed by atoms with E-state index in [-0.39, 0.29) is 11.9 Å². The van der Waals surface area contributed by atoms with Gasteiger partial charge >= 0.3 is 0 Å². The van der Waals surface area contributed by atoms with Crippen LogP contribution in [0.25, 0.3) is 0 Å². The van der Waals surface area contributed by atoms with Crippen LogP contribution >= 0.6 is 11.6 Å². The summed E-state index contributed by atoms with van der Waals surface area (Å²) in [7, 11) is 0. The standard InChI is InChI=1S/C22H31ClN4O/c1-14(9-15(2)24)10-16(3)25-12-18-5-7-20(8-6-18)27-22(28)21-11-19(23)13-26-17(21)4/h9-11,13,18,20,25H,3,5-8,12,24H2,1-2,4H3,(H,27,28)/b14-10-,15-9-. The Kier molecular flexibility index (Phi) is 8.12. The highest BCUT2D eigenvalue weighted by Gasteiger charge is 2.23. The van der Waals surface area contributed by atoms with Crippen molar-refractivity contribution in [2.75, 3.05) is 6.54 Å². The third kappa shape index (κ3) is 7.04. The van der Waals surface area contributed by atoms with Crippen LogP contribution in [0.15, 0.2) is 48.0 Å². The molecule has 1 aliphatic rings. The fourth-order valence-corrected chi connectivity index (χ4v) is 3.67. The Hall–Kier alpha value is -2.27. The summed E-state index contributed by atoms with van der Waals surface area (Å²) in [5.74, 6) is 0.492. The van der Waals surface area contributed by atoms with Gasteiger partial charge in [0, 0.05) is 30.2 Å². The average molecular weight is 403 g/mol. The Morgan fingerprint density at radius 1 is 1.32 bits per heavy atom. The Labute approximate surface area is 173 Å². The van der Waals surface area contributed by atoms with Gasteiger partial charge in [0.1, 0.15) is 0 Å². The van der Waals surface area contributed by atoms with E-state index in [9.17, 15) is 4.79 Å². The topological polar surface area (TPSA) is 80.0 Å². The molecule has 0 aliphatic heterocycles. The smallest absolute Gasteiger partial charge is 0.253 e. The third-order valence-electron chi connectivity index (χ3n) is 4.96. The fraction of sp³-hybridized carbons (Fsp3) is 0.455. The second-order valence-corrected chi connectivity index (χ2v) is 8.10. The SMILES string of the molecule is C=C(/C=C(C)\C=C(\C)N)NCC1CCC(NC(=O)c2cc(Cl)cnc2C)CC1. The molecule has 0 saturated heterocycles. The van der Waals surface area contributed by atoms with Gasteiger partial charge in [0.25, 0.3) is 5.91 Å². The molecule has 152 valence electrons. The number of carbonyl (C=O) groups excluding carboxylic acids is 1. The molecule has 28 heavy (non-hydrogen) atoms. The molecule has 0 aromatic carbocycles. The quantitative estimate of drug-likeness (QED) is 0.596. The lowest BCUT2D eigenvalue weighted by Gasteiger charge is -2.29. The number of halogens is 1. The lowest BCUT2D eigenvalue weighted by Crippen LogP contribution is -2.39. The molecule has 1 amide bonds. The number of pyridine rings is 1. The second kappa shape index (κ2) is 10.3. The molecule has 1 aromatic heterocycles. The van der Waals surface area contributed by atoms with Crippen LogP contribution in [0.2, 0.25) is 5.02 Å². The first-order valence-electron chi connectivity index (χ1n) is 9.72. The highest BCUT2D eigenvalue weighted by Crippen LogP contribution is 2.24. The Morgan fingerprint density at radius 3 is 2.64 bits per heavy atom. The largest absolute Gasteiger partial charge is 0.402 e. The number of hydrogen-bond donors (Lipinski definition) is 3. The summed E-state index contributed by atoms with van der Waals surface area (Å²) in [5, 5.41) is 7.01. The number of aryl methyl sites for hydroxylation is 1. The first-order chi connectivity index (χ1) is 13.2. The van der Waals surface area contributed by atoms with E-state index in [0.29, 0.717) is 22.2 Å². The summed E-state index contributed by atoms with van der Waals surface area (Å²) >= 11 is 5.97. The molecule has 4 N–H and O–H groups in total.